The molecule has 0 amide bonds. The monoisotopic (exact) mass is 214 g/mol. The zero-order valence-corrected chi connectivity index (χ0v) is 9.22. The van der Waals surface area contributed by atoms with Gasteiger partial charge in [-0.25, -0.2) is 9.97 Å². The lowest BCUT2D eigenvalue weighted by Crippen LogP contribution is -2.05. The second kappa shape index (κ2) is 4.70. The normalized spacial score (nSPS) is 10.3. The minimum atomic E-state index is 0.580. The second-order valence-electron chi connectivity index (χ2n) is 3.58. The Kier molecular flexibility index (Phi) is 3.10. The zero-order valence-electron chi connectivity index (χ0n) is 9.22. The highest BCUT2D eigenvalue weighted by Crippen LogP contribution is 2.15. The van der Waals surface area contributed by atoms with Crippen LogP contribution in [0.1, 0.15) is 23.7 Å². The molecule has 0 aliphatic carbocycles. The molecule has 0 saturated heterocycles. The van der Waals surface area contributed by atoms with Crippen molar-refractivity contribution in [2.24, 2.45) is 0 Å². The molecule has 0 unspecified atom stereocenters. The van der Waals surface area contributed by atoms with E-state index < -0.39 is 0 Å². The maximum atomic E-state index is 5.82. The van der Waals surface area contributed by atoms with Gasteiger partial charge in [0, 0.05) is 24.4 Å². The average Bonchev–Trinajstić information content (AvgIpc) is 2.31. The van der Waals surface area contributed by atoms with Crippen LogP contribution in [0.25, 0.3) is 0 Å². The van der Waals surface area contributed by atoms with Crippen LogP contribution >= 0.6 is 0 Å². The molecular formula is C12H14N4. The van der Waals surface area contributed by atoms with Gasteiger partial charge in [0.1, 0.15) is 12.1 Å². The van der Waals surface area contributed by atoms with Gasteiger partial charge in [-0.2, -0.15) is 0 Å². The van der Waals surface area contributed by atoms with Gasteiger partial charge in [-0.1, -0.05) is 13.0 Å². The number of hydrogen-bond donors (Lipinski definition) is 1. The number of nitrogens with zero attached hydrogens (tertiary/aromatic N) is 3. The van der Waals surface area contributed by atoms with Gasteiger partial charge < -0.3 is 5.73 Å². The van der Waals surface area contributed by atoms with Crippen molar-refractivity contribution in [3.8, 4) is 0 Å². The van der Waals surface area contributed by atoms with Crippen LogP contribution in [0, 0.1) is 0 Å². The molecule has 0 bridgehead atoms. The van der Waals surface area contributed by atoms with E-state index in [1.807, 2.05) is 18.3 Å². The highest BCUT2D eigenvalue weighted by molar-refractivity contribution is 5.42. The quantitative estimate of drug-likeness (QED) is 0.843. The first-order valence-corrected chi connectivity index (χ1v) is 5.28. The number of pyridine rings is 1. The Labute approximate surface area is 94.6 Å². The molecule has 4 nitrogen and oxygen atoms in total. The summed E-state index contributed by atoms with van der Waals surface area (Å²) in [4.78, 5) is 12.4. The lowest BCUT2D eigenvalue weighted by Gasteiger charge is -2.08. The predicted molar refractivity (Wildman–Crippen MR) is 62.9 cm³/mol. The third-order valence-corrected chi connectivity index (χ3v) is 2.52. The summed E-state index contributed by atoms with van der Waals surface area (Å²) in [6.45, 7) is 2.06. The highest BCUT2D eigenvalue weighted by atomic mass is 14.9. The fraction of sp³-hybridized carbons (Fsp3) is 0.250. The maximum Gasteiger partial charge on any atom is 0.130 e. The van der Waals surface area contributed by atoms with Crippen LogP contribution in [0.4, 0.5) is 5.82 Å². The summed E-state index contributed by atoms with van der Waals surface area (Å²) >= 11 is 0. The molecule has 0 fully saturated rings. The van der Waals surface area contributed by atoms with Gasteiger partial charge in [0.25, 0.3) is 0 Å². The first-order chi connectivity index (χ1) is 7.81. The summed E-state index contributed by atoms with van der Waals surface area (Å²) in [5.41, 5.74) is 8.98. The first-order valence-electron chi connectivity index (χ1n) is 5.28. The van der Waals surface area contributed by atoms with E-state index >= 15 is 0 Å². The van der Waals surface area contributed by atoms with Crippen molar-refractivity contribution in [3.05, 3.63) is 47.7 Å². The molecule has 0 radical (unpaired) electrons. The van der Waals surface area contributed by atoms with Crippen LogP contribution in [-0.2, 0) is 12.8 Å². The smallest absolute Gasteiger partial charge is 0.130 e. The number of nitrogen functional groups attached to an aromatic ring is 1. The Morgan fingerprint density at radius 2 is 2.19 bits per heavy atom. The van der Waals surface area contributed by atoms with Crippen molar-refractivity contribution in [2.45, 2.75) is 19.8 Å². The molecule has 0 aliphatic heterocycles. The molecule has 0 aliphatic rings. The number of rotatable bonds is 3. The minimum Gasteiger partial charge on any atom is -0.383 e. The summed E-state index contributed by atoms with van der Waals surface area (Å²) < 4.78 is 0. The molecule has 2 N–H and O–H groups in total. The molecular weight excluding hydrogens is 200 g/mol. The summed E-state index contributed by atoms with van der Waals surface area (Å²) in [6, 6.07) is 3.95. The number of hydrogen-bond acceptors (Lipinski definition) is 4. The molecule has 0 atom stereocenters. The van der Waals surface area contributed by atoms with Crippen LogP contribution in [0.2, 0.25) is 0 Å². The van der Waals surface area contributed by atoms with Crippen LogP contribution in [0.5, 0.6) is 0 Å². The molecule has 2 aromatic heterocycles. The van der Waals surface area contributed by atoms with Gasteiger partial charge in [-0.05, 0) is 18.1 Å². The molecule has 2 rings (SSSR count). The standard InChI is InChI=1S/C12H14N4/c1-2-10-11(15-8-16-12(10)13)6-9-4-3-5-14-7-9/h3-5,7-8H,2,6H2,1H3,(H2,13,15,16). The van der Waals surface area contributed by atoms with Crippen molar-refractivity contribution in [1.82, 2.24) is 15.0 Å². The Morgan fingerprint density at radius 3 is 2.88 bits per heavy atom. The Hall–Kier alpha value is -1.97. The fourth-order valence-corrected chi connectivity index (χ4v) is 1.70. The Bertz CT molecular complexity index is 468. The third kappa shape index (κ3) is 2.16. The molecule has 0 spiro atoms. The van der Waals surface area contributed by atoms with Gasteiger partial charge in [-0.15, -0.1) is 0 Å². The van der Waals surface area contributed by atoms with Gasteiger partial charge >= 0.3 is 0 Å². The largest absolute Gasteiger partial charge is 0.383 e. The first kappa shape index (κ1) is 10.5. The van der Waals surface area contributed by atoms with E-state index in [0.29, 0.717) is 5.82 Å². The second-order valence-corrected chi connectivity index (χ2v) is 3.58. The summed E-state index contributed by atoms with van der Waals surface area (Å²) in [6.07, 6.45) is 6.72. The lowest BCUT2D eigenvalue weighted by atomic mass is 10.1. The van der Waals surface area contributed by atoms with Crippen molar-refractivity contribution in [2.75, 3.05) is 5.73 Å². The van der Waals surface area contributed by atoms with Gasteiger partial charge in [0.2, 0.25) is 0 Å². The third-order valence-electron chi connectivity index (χ3n) is 2.52. The molecule has 4 heteroatoms. The number of anilines is 1. The number of aromatic nitrogens is 3. The summed E-state index contributed by atoms with van der Waals surface area (Å²) in [5, 5.41) is 0. The van der Waals surface area contributed by atoms with E-state index in [-0.39, 0.29) is 0 Å². The lowest BCUT2D eigenvalue weighted by molar-refractivity contribution is 0.952. The van der Waals surface area contributed by atoms with E-state index in [4.69, 9.17) is 5.73 Å². The maximum absolute atomic E-state index is 5.82. The van der Waals surface area contributed by atoms with Gasteiger partial charge in [0.15, 0.2) is 0 Å². The van der Waals surface area contributed by atoms with E-state index in [2.05, 4.69) is 21.9 Å². The Balaban J connectivity index is 2.31. The van der Waals surface area contributed by atoms with Crippen molar-refractivity contribution in [3.63, 3.8) is 0 Å². The molecule has 2 aromatic rings. The van der Waals surface area contributed by atoms with E-state index in [9.17, 15) is 0 Å². The van der Waals surface area contributed by atoms with Crippen LogP contribution in [0.3, 0.4) is 0 Å². The summed E-state index contributed by atoms with van der Waals surface area (Å²) in [7, 11) is 0. The summed E-state index contributed by atoms with van der Waals surface area (Å²) in [5.74, 6) is 0.580. The van der Waals surface area contributed by atoms with Crippen molar-refractivity contribution >= 4 is 5.82 Å². The average molecular weight is 214 g/mol. The topological polar surface area (TPSA) is 64.7 Å². The highest BCUT2D eigenvalue weighted by Gasteiger charge is 2.07. The van der Waals surface area contributed by atoms with Crippen LogP contribution in [-0.4, -0.2) is 15.0 Å². The van der Waals surface area contributed by atoms with Gasteiger partial charge in [0.05, 0.1) is 5.69 Å². The van der Waals surface area contributed by atoms with E-state index in [0.717, 1.165) is 29.7 Å². The van der Waals surface area contributed by atoms with E-state index in [1.54, 1.807) is 6.20 Å². The van der Waals surface area contributed by atoms with Crippen molar-refractivity contribution in [1.29, 1.82) is 0 Å². The number of nitrogens with two attached hydrogens (primary N) is 1. The molecule has 0 aromatic carbocycles. The molecule has 16 heavy (non-hydrogen) atoms. The van der Waals surface area contributed by atoms with Crippen LogP contribution < -0.4 is 5.73 Å². The SMILES string of the molecule is CCc1c(N)ncnc1Cc1cccnc1. The van der Waals surface area contributed by atoms with Gasteiger partial charge in [-0.3, -0.25) is 4.98 Å². The van der Waals surface area contributed by atoms with Crippen molar-refractivity contribution < 1.29 is 0 Å². The van der Waals surface area contributed by atoms with Crippen LogP contribution in [0.15, 0.2) is 30.9 Å². The molecule has 0 saturated carbocycles. The zero-order chi connectivity index (χ0) is 11.4. The van der Waals surface area contributed by atoms with E-state index in [1.165, 1.54) is 6.33 Å². The predicted octanol–water partition coefficient (Wildman–Crippen LogP) is 1.61. The Morgan fingerprint density at radius 1 is 1.31 bits per heavy atom. The molecule has 82 valence electrons. The minimum absolute atomic E-state index is 0.580. The molecule has 2 heterocycles. The fourth-order valence-electron chi connectivity index (χ4n) is 1.70.